The largest absolute Gasteiger partial charge is 0.352 e. The lowest BCUT2D eigenvalue weighted by molar-refractivity contribution is -0.143. The van der Waals surface area contributed by atoms with E-state index in [1.165, 1.54) is 0 Å². The molecule has 1 aliphatic rings. The zero-order chi connectivity index (χ0) is 13.8. The second-order valence-electron chi connectivity index (χ2n) is 5.54. The van der Waals surface area contributed by atoms with Crippen LogP contribution in [0.2, 0.25) is 0 Å². The van der Waals surface area contributed by atoms with E-state index in [4.69, 9.17) is 0 Å². The summed E-state index contributed by atoms with van der Waals surface area (Å²) in [4.78, 5) is 25.5. The van der Waals surface area contributed by atoms with E-state index in [9.17, 15) is 9.59 Å². The Kier molecular flexibility index (Phi) is 5.14. The van der Waals surface area contributed by atoms with Crippen LogP contribution in [0.25, 0.3) is 0 Å². The molecule has 104 valence electrons. The molecule has 1 aliphatic heterocycles. The molecule has 0 spiro atoms. The fourth-order valence-corrected chi connectivity index (χ4v) is 2.23. The molecule has 2 amide bonds. The molecule has 1 unspecified atom stereocenters. The van der Waals surface area contributed by atoms with Crippen molar-refractivity contribution in [2.75, 3.05) is 19.6 Å². The predicted molar refractivity (Wildman–Crippen MR) is 71.2 cm³/mol. The van der Waals surface area contributed by atoms with Crippen LogP contribution in [0, 0.1) is 0 Å². The summed E-state index contributed by atoms with van der Waals surface area (Å²) >= 11 is 0. The first-order chi connectivity index (χ1) is 8.36. The van der Waals surface area contributed by atoms with Crippen molar-refractivity contribution in [1.82, 2.24) is 15.5 Å². The lowest BCUT2D eigenvalue weighted by atomic mass is 10.0. The van der Waals surface area contributed by atoms with Crippen molar-refractivity contribution in [2.24, 2.45) is 0 Å². The maximum absolute atomic E-state index is 12.1. The fraction of sp³-hybridized carbons (Fsp3) is 0.846. The molecule has 0 aromatic carbocycles. The number of rotatable bonds is 5. The van der Waals surface area contributed by atoms with Gasteiger partial charge in [-0.15, -0.1) is 0 Å². The topological polar surface area (TPSA) is 61.4 Å². The third-order valence-electron chi connectivity index (χ3n) is 3.23. The highest BCUT2D eigenvalue weighted by atomic mass is 16.2. The van der Waals surface area contributed by atoms with Gasteiger partial charge in [-0.25, -0.2) is 0 Å². The second-order valence-corrected chi connectivity index (χ2v) is 5.54. The normalized spacial score (nSPS) is 20.7. The highest BCUT2D eigenvalue weighted by Gasteiger charge is 2.35. The maximum Gasteiger partial charge on any atom is 0.242 e. The summed E-state index contributed by atoms with van der Waals surface area (Å²) in [5.41, 5.74) is -0.562. The number of nitrogens with one attached hydrogen (secondary N) is 2. The summed E-state index contributed by atoms with van der Waals surface area (Å²) in [5.74, 6) is -0.0750. The SMILES string of the molecule is CCCC(C)NC(=O)CN1CCNC(C)(C)C1=O. The van der Waals surface area contributed by atoms with Gasteiger partial charge in [-0.3, -0.25) is 9.59 Å². The van der Waals surface area contributed by atoms with E-state index in [2.05, 4.69) is 17.6 Å². The molecule has 1 heterocycles. The van der Waals surface area contributed by atoms with Crippen molar-refractivity contribution in [3.8, 4) is 0 Å². The number of carbonyl (C=O) groups is 2. The first kappa shape index (κ1) is 15.0. The van der Waals surface area contributed by atoms with Gasteiger partial charge in [0.1, 0.15) is 0 Å². The molecular formula is C13H25N3O2. The van der Waals surface area contributed by atoms with Gasteiger partial charge in [-0.1, -0.05) is 13.3 Å². The summed E-state index contributed by atoms with van der Waals surface area (Å²) in [6.45, 7) is 9.26. The Morgan fingerprint density at radius 3 is 2.83 bits per heavy atom. The molecule has 1 atom stereocenters. The van der Waals surface area contributed by atoms with Gasteiger partial charge in [0.25, 0.3) is 0 Å². The summed E-state index contributed by atoms with van der Waals surface area (Å²) in [6.07, 6.45) is 2.01. The zero-order valence-corrected chi connectivity index (χ0v) is 11.9. The predicted octanol–water partition coefficient (Wildman–Crippen LogP) is 0.502. The maximum atomic E-state index is 12.1. The number of nitrogens with zero attached hydrogens (tertiary/aromatic N) is 1. The quantitative estimate of drug-likeness (QED) is 0.752. The molecule has 0 aliphatic carbocycles. The van der Waals surface area contributed by atoms with Crippen LogP contribution < -0.4 is 10.6 Å². The zero-order valence-electron chi connectivity index (χ0n) is 11.9. The summed E-state index contributed by atoms with van der Waals surface area (Å²) in [6, 6.07) is 0.175. The third kappa shape index (κ3) is 3.98. The average Bonchev–Trinajstić information content (AvgIpc) is 2.25. The van der Waals surface area contributed by atoms with E-state index in [-0.39, 0.29) is 24.4 Å². The van der Waals surface area contributed by atoms with Crippen LogP contribution in [0.3, 0.4) is 0 Å². The molecule has 0 aromatic rings. The molecule has 1 fully saturated rings. The van der Waals surface area contributed by atoms with Crippen LogP contribution in [0.15, 0.2) is 0 Å². The van der Waals surface area contributed by atoms with Gasteiger partial charge in [0.2, 0.25) is 11.8 Å². The Bertz CT molecular complexity index is 315. The van der Waals surface area contributed by atoms with Crippen LogP contribution in [-0.2, 0) is 9.59 Å². The van der Waals surface area contributed by atoms with Crippen molar-refractivity contribution in [3.63, 3.8) is 0 Å². The Balaban J connectivity index is 2.46. The summed E-state index contributed by atoms with van der Waals surface area (Å²) < 4.78 is 0. The monoisotopic (exact) mass is 255 g/mol. The average molecular weight is 255 g/mol. The van der Waals surface area contributed by atoms with Crippen molar-refractivity contribution in [1.29, 1.82) is 0 Å². The van der Waals surface area contributed by atoms with Gasteiger partial charge in [-0.05, 0) is 27.2 Å². The molecule has 0 saturated carbocycles. The molecule has 5 heteroatoms. The van der Waals surface area contributed by atoms with E-state index in [0.29, 0.717) is 6.54 Å². The van der Waals surface area contributed by atoms with E-state index >= 15 is 0 Å². The fourth-order valence-electron chi connectivity index (χ4n) is 2.23. The van der Waals surface area contributed by atoms with Crippen LogP contribution in [0.4, 0.5) is 0 Å². The molecular weight excluding hydrogens is 230 g/mol. The molecule has 0 aromatic heterocycles. The molecule has 0 bridgehead atoms. The first-order valence-electron chi connectivity index (χ1n) is 6.70. The lowest BCUT2D eigenvalue weighted by Crippen LogP contribution is -2.62. The van der Waals surface area contributed by atoms with Gasteiger partial charge in [0, 0.05) is 19.1 Å². The standard InChI is InChI=1S/C13H25N3O2/c1-5-6-10(2)15-11(17)9-16-8-7-14-13(3,4)12(16)18/h10,14H,5-9H2,1-4H3,(H,15,17). The highest BCUT2D eigenvalue weighted by Crippen LogP contribution is 2.11. The minimum Gasteiger partial charge on any atom is -0.352 e. The smallest absolute Gasteiger partial charge is 0.242 e. The van der Waals surface area contributed by atoms with E-state index in [1.807, 2.05) is 20.8 Å². The van der Waals surface area contributed by atoms with Crippen molar-refractivity contribution >= 4 is 11.8 Å². The summed E-state index contributed by atoms with van der Waals surface area (Å²) in [7, 11) is 0. The number of hydrogen-bond donors (Lipinski definition) is 2. The number of hydrogen-bond acceptors (Lipinski definition) is 3. The number of amides is 2. The van der Waals surface area contributed by atoms with Crippen LogP contribution in [-0.4, -0.2) is 47.9 Å². The molecule has 1 saturated heterocycles. The summed E-state index contributed by atoms with van der Waals surface area (Å²) in [5, 5.41) is 6.07. The Hall–Kier alpha value is -1.10. The van der Waals surface area contributed by atoms with Gasteiger partial charge in [-0.2, -0.15) is 0 Å². The van der Waals surface area contributed by atoms with Gasteiger partial charge in [0.05, 0.1) is 12.1 Å². The Morgan fingerprint density at radius 1 is 1.56 bits per heavy atom. The number of piperazine rings is 1. The second kappa shape index (κ2) is 6.18. The van der Waals surface area contributed by atoms with Gasteiger partial charge >= 0.3 is 0 Å². The lowest BCUT2D eigenvalue weighted by Gasteiger charge is -2.37. The minimum absolute atomic E-state index is 0.00737. The molecule has 0 radical (unpaired) electrons. The van der Waals surface area contributed by atoms with Crippen molar-refractivity contribution < 1.29 is 9.59 Å². The van der Waals surface area contributed by atoms with E-state index < -0.39 is 5.54 Å². The highest BCUT2D eigenvalue weighted by molar-refractivity contribution is 5.90. The molecule has 5 nitrogen and oxygen atoms in total. The van der Waals surface area contributed by atoms with Crippen LogP contribution in [0.1, 0.15) is 40.5 Å². The Morgan fingerprint density at radius 2 is 2.22 bits per heavy atom. The van der Waals surface area contributed by atoms with Crippen molar-refractivity contribution in [2.45, 2.75) is 52.1 Å². The molecule has 1 rings (SSSR count). The Labute approximate surface area is 109 Å². The van der Waals surface area contributed by atoms with Gasteiger partial charge < -0.3 is 15.5 Å². The third-order valence-corrected chi connectivity index (χ3v) is 3.23. The first-order valence-corrected chi connectivity index (χ1v) is 6.70. The number of carbonyl (C=O) groups excluding carboxylic acids is 2. The van der Waals surface area contributed by atoms with Crippen LogP contribution in [0.5, 0.6) is 0 Å². The van der Waals surface area contributed by atoms with E-state index in [0.717, 1.165) is 19.4 Å². The van der Waals surface area contributed by atoms with Crippen LogP contribution >= 0.6 is 0 Å². The molecule has 2 N–H and O–H groups in total. The minimum atomic E-state index is -0.562. The molecule has 18 heavy (non-hydrogen) atoms. The van der Waals surface area contributed by atoms with Crippen molar-refractivity contribution in [3.05, 3.63) is 0 Å². The van der Waals surface area contributed by atoms with Gasteiger partial charge in [0.15, 0.2) is 0 Å². The van der Waals surface area contributed by atoms with E-state index in [1.54, 1.807) is 4.90 Å².